The largest absolute Gasteiger partial charge is 0.497 e. The summed E-state index contributed by atoms with van der Waals surface area (Å²) >= 11 is 0. The summed E-state index contributed by atoms with van der Waals surface area (Å²) in [7, 11) is 5.67. The van der Waals surface area contributed by atoms with Gasteiger partial charge >= 0.3 is 0 Å². The number of hydrogen-bond donors (Lipinski definition) is 2. The van der Waals surface area contributed by atoms with Crippen molar-refractivity contribution in [1.29, 1.82) is 0 Å². The topological polar surface area (TPSA) is 72.1 Å². The molecule has 0 fully saturated rings. The van der Waals surface area contributed by atoms with Crippen LogP contribution in [0.3, 0.4) is 0 Å². The van der Waals surface area contributed by atoms with E-state index in [4.69, 9.17) is 15.2 Å². The van der Waals surface area contributed by atoms with Gasteiger partial charge in [0.15, 0.2) is 5.96 Å². The number of halogens is 1. The summed E-state index contributed by atoms with van der Waals surface area (Å²) in [5.41, 5.74) is 7.81. The summed E-state index contributed by atoms with van der Waals surface area (Å²) in [5, 5.41) is 3.06. The van der Waals surface area contributed by atoms with E-state index in [0.29, 0.717) is 19.1 Å². The number of rotatable bonds is 8. The molecule has 0 aromatic heterocycles. The van der Waals surface area contributed by atoms with Crippen molar-refractivity contribution in [3.63, 3.8) is 0 Å². The molecule has 142 valence electrons. The minimum atomic E-state index is 0. The lowest BCUT2D eigenvalue weighted by atomic mass is 10.2. The summed E-state index contributed by atoms with van der Waals surface area (Å²) in [6, 6.07) is 15.4. The van der Waals surface area contributed by atoms with Gasteiger partial charge in [-0.05, 0) is 32.3 Å². The summed E-state index contributed by atoms with van der Waals surface area (Å²) in [5.74, 6) is 1.94. The molecular weight excluding hydrogens is 443 g/mol. The van der Waals surface area contributed by atoms with E-state index in [1.807, 2.05) is 62.6 Å². The molecule has 0 heterocycles. The van der Waals surface area contributed by atoms with Crippen molar-refractivity contribution < 1.29 is 9.47 Å². The van der Waals surface area contributed by atoms with Gasteiger partial charge in [-0.25, -0.2) is 4.99 Å². The molecular formula is C19H27IN4O2. The van der Waals surface area contributed by atoms with Crippen LogP contribution < -0.4 is 20.5 Å². The molecule has 0 amide bonds. The van der Waals surface area contributed by atoms with Crippen LogP contribution >= 0.6 is 24.0 Å². The van der Waals surface area contributed by atoms with Crippen molar-refractivity contribution in [3.05, 3.63) is 54.1 Å². The van der Waals surface area contributed by atoms with E-state index in [0.717, 1.165) is 29.3 Å². The monoisotopic (exact) mass is 470 g/mol. The first-order valence-electron chi connectivity index (χ1n) is 8.15. The van der Waals surface area contributed by atoms with E-state index in [1.165, 1.54) is 0 Å². The molecule has 0 saturated heterocycles. The number of para-hydroxylation sites is 1. The Bertz CT molecular complexity index is 707. The second kappa shape index (κ2) is 11.6. The van der Waals surface area contributed by atoms with Crippen molar-refractivity contribution in [3.8, 4) is 11.5 Å². The van der Waals surface area contributed by atoms with Crippen molar-refractivity contribution >= 4 is 35.6 Å². The third-order valence-corrected chi connectivity index (χ3v) is 3.53. The number of nitrogens with zero attached hydrogens (tertiary/aromatic N) is 2. The van der Waals surface area contributed by atoms with Gasteiger partial charge in [0.05, 0.1) is 13.7 Å². The van der Waals surface area contributed by atoms with E-state index >= 15 is 0 Å². The predicted octanol–water partition coefficient (Wildman–Crippen LogP) is 3.18. The zero-order chi connectivity index (χ0) is 18.1. The molecule has 0 unspecified atom stereocenters. The fourth-order valence-electron chi connectivity index (χ4n) is 2.17. The molecule has 0 bridgehead atoms. The molecule has 3 N–H and O–H groups in total. The van der Waals surface area contributed by atoms with Gasteiger partial charge in [-0.3, -0.25) is 0 Å². The van der Waals surface area contributed by atoms with Crippen LogP contribution in [0.2, 0.25) is 0 Å². The normalized spacial score (nSPS) is 11.0. The lowest BCUT2D eigenvalue weighted by Crippen LogP contribution is -2.22. The van der Waals surface area contributed by atoms with Gasteiger partial charge in [-0.2, -0.15) is 0 Å². The Hall–Kier alpha value is -2.00. The summed E-state index contributed by atoms with van der Waals surface area (Å²) < 4.78 is 11.0. The summed E-state index contributed by atoms with van der Waals surface area (Å²) in [6.45, 7) is 1.93. The van der Waals surface area contributed by atoms with Gasteiger partial charge < -0.3 is 25.4 Å². The Balaban J connectivity index is 0.00000338. The maximum atomic E-state index is 5.99. The zero-order valence-corrected chi connectivity index (χ0v) is 17.8. The van der Waals surface area contributed by atoms with Crippen molar-refractivity contribution in [2.24, 2.45) is 10.7 Å². The van der Waals surface area contributed by atoms with Crippen LogP contribution in [-0.4, -0.2) is 45.2 Å². The maximum absolute atomic E-state index is 5.99. The number of anilines is 1. The van der Waals surface area contributed by atoms with Gasteiger partial charge in [0, 0.05) is 23.9 Å². The SMILES string of the molecule is COc1cccc(NC(N)=NCc2ccccc2OCCN(C)C)c1.I. The van der Waals surface area contributed by atoms with E-state index in [9.17, 15) is 0 Å². The molecule has 0 radical (unpaired) electrons. The first-order valence-corrected chi connectivity index (χ1v) is 8.15. The van der Waals surface area contributed by atoms with Crippen LogP contribution in [0.1, 0.15) is 5.56 Å². The highest BCUT2D eigenvalue weighted by Crippen LogP contribution is 2.19. The highest BCUT2D eigenvalue weighted by atomic mass is 127. The Morgan fingerprint density at radius 1 is 1.15 bits per heavy atom. The molecule has 0 saturated carbocycles. The molecule has 2 rings (SSSR count). The van der Waals surface area contributed by atoms with Crippen molar-refractivity contribution in [2.75, 3.05) is 39.7 Å². The lowest BCUT2D eigenvalue weighted by molar-refractivity contribution is 0.259. The molecule has 0 atom stereocenters. The number of ether oxygens (including phenoxy) is 2. The second-order valence-electron chi connectivity index (χ2n) is 5.82. The Morgan fingerprint density at radius 3 is 2.65 bits per heavy atom. The molecule has 2 aromatic rings. The van der Waals surface area contributed by atoms with Gasteiger partial charge in [0.25, 0.3) is 0 Å². The van der Waals surface area contributed by atoms with Gasteiger partial charge in [-0.15, -0.1) is 24.0 Å². The van der Waals surface area contributed by atoms with Crippen LogP contribution in [0.25, 0.3) is 0 Å². The minimum absolute atomic E-state index is 0. The van der Waals surface area contributed by atoms with E-state index in [1.54, 1.807) is 7.11 Å². The lowest BCUT2D eigenvalue weighted by Gasteiger charge is -2.13. The average molecular weight is 470 g/mol. The maximum Gasteiger partial charge on any atom is 0.193 e. The van der Waals surface area contributed by atoms with E-state index in [-0.39, 0.29) is 24.0 Å². The van der Waals surface area contributed by atoms with E-state index < -0.39 is 0 Å². The fraction of sp³-hybridized carbons (Fsp3) is 0.316. The van der Waals surface area contributed by atoms with Gasteiger partial charge in [-0.1, -0.05) is 24.3 Å². The van der Waals surface area contributed by atoms with E-state index in [2.05, 4.69) is 15.2 Å². The number of aliphatic imine (C=N–C) groups is 1. The molecule has 2 aromatic carbocycles. The Morgan fingerprint density at radius 2 is 1.92 bits per heavy atom. The number of guanidine groups is 1. The molecule has 26 heavy (non-hydrogen) atoms. The molecule has 6 nitrogen and oxygen atoms in total. The van der Waals surface area contributed by atoms with Crippen molar-refractivity contribution in [1.82, 2.24) is 4.90 Å². The molecule has 7 heteroatoms. The number of benzene rings is 2. The van der Waals surface area contributed by atoms with Gasteiger partial charge in [0.1, 0.15) is 18.1 Å². The van der Waals surface area contributed by atoms with Crippen LogP contribution in [0.15, 0.2) is 53.5 Å². The Labute approximate surface area is 172 Å². The highest BCUT2D eigenvalue weighted by molar-refractivity contribution is 14.0. The Kier molecular flexibility index (Phi) is 9.82. The zero-order valence-electron chi connectivity index (χ0n) is 15.4. The first-order chi connectivity index (χ1) is 12.1. The van der Waals surface area contributed by atoms with Crippen LogP contribution in [-0.2, 0) is 6.54 Å². The number of hydrogen-bond acceptors (Lipinski definition) is 4. The predicted molar refractivity (Wildman–Crippen MR) is 118 cm³/mol. The third-order valence-electron chi connectivity index (χ3n) is 3.53. The highest BCUT2D eigenvalue weighted by Gasteiger charge is 2.04. The smallest absolute Gasteiger partial charge is 0.193 e. The third kappa shape index (κ3) is 7.49. The number of methoxy groups -OCH3 is 1. The van der Waals surface area contributed by atoms with Crippen LogP contribution in [0.4, 0.5) is 5.69 Å². The quantitative estimate of drug-likeness (QED) is 0.352. The van der Waals surface area contributed by atoms with Crippen molar-refractivity contribution in [2.45, 2.75) is 6.54 Å². The molecule has 0 aliphatic carbocycles. The number of nitrogens with one attached hydrogen (secondary N) is 1. The minimum Gasteiger partial charge on any atom is -0.497 e. The van der Waals surface area contributed by atoms with Gasteiger partial charge in [0.2, 0.25) is 0 Å². The standard InChI is InChI=1S/C19H26N4O2.HI/c1-23(2)11-12-25-18-10-5-4-7-15(18)14-21-19(20)22-16-8-6-9-17(13-16)24-3;/h4-10,13H,11-12,14H2,1-3H3,(H3,20,21,22);1H. The molecule has 0 aliphatic heterocycles. The molecule has 0 spiro atoms. The number of likely N-dealkylation sites (N-methyl/N-ethyl adjacent to an activating group) is 1. The van der Waals surface area contributed by atoms with Crippen LogP contribution in [0.5, 0.6) is 11.5 Å². The molecule has 0 aliphatic rings. The first kappa shape index (κ1) is 22.0. The number of nitrogens with two attached hydrogens (primary N) is 1. The fourth-order valence-corrected chi connectivity index (χ4v) is 2.17. The summed E-state index contributed by atoms with van der Waals surface area (Å²) in [4.78, 5) is 6.48. The second-order valence-corrected chi connectivity index (χ2v) is 5.82. The summed E-state index contributed by atoms with van der Waals surface area (Å²) in [6.07, 6.45) is 0. The van der Waals surface area contributed by atoms with Crippen LogP contribution in [0, 0.1) is 0 Å². The average Bonchev–Trinajstić information content (AvgIpc) is 2.61.